The van der Waals surface area contributed by atoms with Crippen LogP contribution >= 0.6 is 0 Å². The largest absolute Gasteiger partial charge is 0.460 e. The van der Waals surface area contributed by atoms with Crippen molar-refractivity contribution in [3.63, 3.8) is 0 Å². The number of guanidine groups is 1. The van der Waals surface area contributed by atoms with Crippen LogP contribution in [0.4, 0.5) is 0 Å². The maximum atomic E-state index is 12.1. The number of rotatable bonds is 3. The maximum absolute atomic E-state index is 12.1. The molecule has 2 aliphatic rings. The second-order valence-electron chi connectivity index (χ2n) is 7.44. The summed E-state index contributed by atoms with van der Waals surface area (Å²) in [4.78, 5) is 18.5. The van der Waals surface area contributed by atoms with E-state index in [4.69, 9.17) is 4.74 Å². The van der Waals surface area contributed by atoms with Gasteiger partial charge in [-0.25, -0.2) is 0 Å². The van der Waals surface area contributed by atoms with Crippen LogP contribution in [0.3, 0.4) is 0 Å². The van der Waals surface area contributed by atoms with Gasteiger partial charge in [0.1, 0.15) is 5.60 Å². The Kier molecular flexibility index (Phi) is 5.00. The normalized spacial score (nSPS) is 24.9. The van der Waals surface area contributed by atoms with E-state index in [-0.39, 0.29) is 11.9 Å². The van der Waals surface area contributed by atoms with Crippen LogP contribution in [0, 0.1) is 5.92 Å². The van der Waals surface area contributed by atoms with Crippen LogP contribution in [-0.4, -0.2) is 59.8 Å². The van der Waals surface area contributed by atoms with Crippen molar-refractivity contribution in [3.05, 3.63) is 0 Å². The molecule has 1 aliphatic carbocycles. The highest BCUT2D eigenvalue weighted by molar-refractivity contribution is 5.82. The summed E-state index contributed by atoms with van der Waals surface area (Å²) in [6.45, 7) is 7.58. The molecule has 2 rings (SSSR count). The van der Waals surface area contributed by atoms with Gasteiger partial charge in [-0.1, -0.05) is 0 Å². The van der Waals surface area contributed by atoms with Crippen LogP contribution in [-0.2, 0) is 9.53 Å². The molecule has 0 bridgehead atoms. The first-order chi connectivity index (χ1) is 10.2. The van der Waals surface area contributed by atoms with Gasteiger partial charge in [0.2, 0.25) is 0 Å². The lowest BCUT2D eigenvalue weighted by Crippen LogP contribution is -2.51. The van der Waals surface area contributed by atoms with Gasteiger partial charge in [0.05, 0.1) is 11.5 Å². The highest BCUT2D eigenvalue weighted by atomic mass is 16.6. The van der Waals surface area contributed by atoms with Crippen LogP contribution < -0.4 is 5.32 Å². The molecular weight excluding hydrogens is 282 g/mol. The molecule has 126 valence electrons. The molecule has 1 heterocycles. The Bertz CT molecular complexity index is 438. The second kappa shape index (κ2) is 6.44. The van der Waals surface area contributed by atoms with Crippen LogP contribution in [0.25, 0.3) is 0 Å². The summed E-state index contributed by atoms with van der Waals surface area (Å²) in [5, 5.41) is 13.4. The Morgan fingerprint density at radius 2 is 2.14 bits per heavy atom. The monoisotopic (exact) mass is 311 g/mol. The molecule has 0 amide bonds. The van der Waals surface area contributed by atoms with Crippen molar-refractivity contribution in [1.82, 2.24) is 10.2 Å². The average Bonchev–Trinajstić information content (AvgIpc) is 2.85. The maximum Gasteiger partial charge on any atom is 0.311 e. The number of nitrogens with zero attached hydrogens (tertiary/aromatic N) is 2. The lowest BCUT2D eigenvalue weighted by Gasteiger charge is -2.37. The zero-order valence-corrected chi connectivity index (χ0v) is 14.2. The van der Waals surface area contributed by atoms with Crippen molar-refractivity contribution < 1.29 is 14.6 Å². The fourth-order valence-electron chi connectivity index (χ4n) is 2.87. The topological polar surface area (TPSA) is 74.2 Å². The first-order valence-corrected chi connectivity index (χ1v) is 8.13. The molecule has 1 atom stereocenters. The number of likely N-dealkylation sites (tertiary alicyclic amines) is 1. The molecule has 2 N–H and O–H groups in total. The number of esters is 1. The lowest BCUT2D eigenvalue weighted by atomic mass is 9.80. The summed E-state index contributed by atoms with van der Waals surface area (Å²) < 4.78 is 5.46. The first kappa shape index (κ1) is 17.1. The molecule has 6 nitrogen and oxygen atoms in total. The molecule has 1 unspecified atom stereocenters. The van der Waals surface area contributed by atoms with Gasteiger partial charge in [0.25, 0.3) is 0 Å². The van der Waals surface area contributed by atoms with Gasteiger partial charge >= 0.3 is 5.97 Å². The van der Waals surface area contributed by atoms with Gasteiger partial charge in [0.15, 0.2) is 5.96 Å². The van der Waals surface area contributed by atoms with E-state index in [1.54, 1.807) is 7.05 Å². The Morgan fingerprint density at radius 3 is 2.64 bits per heavy atom. The molecule has 22 heavy (non-hydrogen) atoms. The summed E-state index contributed by atoms with van der Waals surface area (Å²) in [6.07, 6.45) is 3.55. The molecule has 0 radical (unpaired) electrons. The van der Waals surface area contributed by atoms with Gasteiger partial charge in [-0.2, -0.15) is 0 Å². The Hall–Kier alpha value is -1.30. The van der Waals surface area contributed by atoms with Crippen LogP contribution in [0.15, 0.2) is 4.99 Å². The standard InChI is InChI=1S/C16H29N3O3/c1-15(2,3)22-13(20)12-6-9-19(10-12)14(17-4)18-11-16(21)7-5-8-16/h12,21H,5-11H2,1-4H3,(H,17,18). The fourth-order valence-corrected chi connectivity index (χ4v) is 2.87. The Balaban J connectivity index is 1.84. The van der Waals surface area contributed by atoms with E-state index in [2.05, 4.69) is 15.2 Å². The van der Waals surface area contributed by atoms with Crippen molar-refractivity contribution in [1.29, 1.82) is 0 Å². The number of aliphatic hydroxyl groups is 1. The molecule has 0 aromatic rings. The zero-order chi connectivity index (χ0) is 16.4. The van der Waals surface area contributed by atoms with Crippen LogP contribution in [0.2, 0.25) is 0 Å². The number of aliphatic imine (C=N–C) groups is 1. The Labute approximate surface area is 132 Å². The van der Waals surface area contributed by atoms with E-state index in [1.165, 1.54) is 0 Å². The highest BCUT2D eigenvalue weighted by Crippen LogP contribution is 2.30. The molecule has 0 aromatic carbocycles. The molecular formula is C16H29N3O3. The molecule has 1 aliphatic heterocycles. The number of carbonyl (C=O) groups excluding carboxylic acids is 1. The van der Waals surface area contributed by atoms with Crippen molar-refractivity contribution >= 4 is 11.9 Å². The average molecular weight is 311 g/mol. The van der Waals surface area contributed by atoms with Crippen molar-refractivity contribution in [2.24, 2.45) is 10.9 Å². The van der Waals surface area contributed by atoms with E-state index < -0.39 is 11.2 Å². The van der Waals surface area contributed by atoms with Gasteiger partial charge < -0.3 is 20.1 Å². The molecule has 0 aromatic heterocycles. The molecule has 2 fully saturated rings. The highest BCUT2D eigenvalue weighted by Gasteiger charge is 2.36. The minimum Gasteiger partial charge on any atom is -0.460 e. The second-order valence-corrected chi connectivity index (χ2v) is 7.44. The third-order valence-electron chi connectivity index (χ3n) is 4.30. The molecule has 1 saturated heterocycles. The number of carbonyl (C=O) groups is 1. The smallest absolute Gasteiger partial charge is 0.311 e. The summed E-state index contributed by atoms with van der Waals surface area (Å²) in [5.41, 5.74) is -1.03. The van der Waals surface area contributed by atoms with Crippen molar-refractivity contribution in [3.8, 4) is 0 Å². The van der Waals surface area contributed by atoms with E-state index in [0.29, 0.717) is 13.1 Å². The first-order valence-electron chi connectivity index (χ1n) is 8.13. The SMILES string of the molecule is CN=C(NCC1(O)CCC1)N1CCC(C(=O)OC(C)(C)C)C1. The van der Waals surface area contributed by atoms with Gasteiger partial charge in [-0.05, 0) is 46.5 Å². The van der Waals surface area contributed by atoms with Crippen molar-refractivity contribution in [2.45, 2.75) is 57.7 Å². The fraction of sp³-hybridized carbons (Fsp3) is 0.875. The number of hydrogen-bond acceptors (Lipinski definition) is 4. The number of hydrogen-bond donors (Lipinski definition) is 2. The zero-order valence-electron chi connectivity index (χ0n) is 14.2. The summed E-state index contributed by atoms with van der Waals surface area (Å²) in [5.74, 6) is 0.513. The summed E-state index contributed by atoms with van der Waals surface area (Å²) in [6, 6.07) is 0. The van der Waals surface area contributed by atoms with Crippen LogP contribution in [0.5, 0.6) is 0 Å². The van der Waals surface area contributed by atoms with Gasteiger partial charge in [-0.3, -0.25) is 9.79 Å². The Morgan fingerprint density at radius 1 is 1.45 bits per heavy atom. The van der Waals surface area contributed by atoms with Crippen LogP contribution in [0.1, 0.15) is 46.5 Å². The van der Waals surface area contributed by atoms with E-state index in [0.717, 1.165) is 38.2 Å². The van der Waals surface area contributed by atoms with Gasteiger partial charge in [-0.15, -0.1) is 0 Å². The third-order valence-corrected chi connectivity index (χ3v) is 4.30. The predicted molar refractivity (Wildman–Crippen MR) is 85.7 cm³/mol. The number of nitrogens with one attached hydrogen (secondary N) is 1. The van der Waals surface area contributed by atoms with Crippen molar-refractivity contribution in [2.75, 3.05) is 26.7 Å². The minimum atomic E-state index is -0.583. The molecule has 6 heteroatoms. The summed E-state index contributed by atoms with van der Waals surface area (Å²) >= 11 is 0. The lowest BCUT2D eigenvalue weighted by molar-refractivity contribution is -0.159. The summed E-state index contributed by atoms with van der Waals surface area (Å²) in [7, 11) is 1.73. The van der Waals surface area contributed by atoms with E-state index >= 15 is 0 Å². The minimum absolute atomic E-state index is 0.107. The molecule has 1 saturated carbocycles. The van der Waals surface area contributed by atoms with E-state index in [9.17, 15) is 9.90 Å². The van der Waals surface area contributed by atoms with E-state index in [1.807, 2.05) is 20.8 Å². The molecule has 0 spiro atoms. The number of ether oxygens (including phenoxy) is 1. The quantitative estimate of drug-likeness (QED) is 0.464. The predicted octanol–water partition coefficient (Wildman–Crippen LogP) is 1.14. The third kappa shape index (κ3) is 4.35. The van der Waals surface area contributed by atoms with Gasteiger partial charge in [0, 0.05) is 26.7 Å².